The summed E-state index contributed by atoms with van der Waals surface area (Å²) in [4.78, 5) is 22.3. The van der Waals surface area contributed by atoms with Crippen LogP contribution in [0.15, 0.2) is 0 Å². The van der Waals surface area contributed by atoms with Gasteiger partial charge in [-0.15, -0.1) is 0 Å². The summed E-state index contributed by atoms with van der Waals surface area (Å²) in [5.41, 5.74) is 0. The number of ether oxygens (including phenoxy) is 1. The van der Waals surface area contributed by atoms with Gasteiger partial charge in [0, 0.05) is 6.92 Å². The van der Waals surface area contributed by atoms with Crippen LogP contribution in [0.2, 0.25) is 0 Å². The predicted molar refractivity (Wildman–Crippen MR) is 82.5 cm³/mol. The van der Waals surface area contributed by atoms with Crippen molar-refractivity contribution >= 4 is 11.9 Å². The summed E-state index contributed by atoms with van der Waals surface area (Å²) >= 11 is 0. The fraction of sp³-hybridized carbons (Fsp3) is 0.867. The van der Waals surface area contributed by atoms with Crippen molar-refractivity contribution in [1.82, 2.24) is 0 Å². The molecule has 0 aromatic rings. The van der Waals surface area contributed by atoms with Gasteiger partial charge in [-0.25, -0.2) is 4.79 Å². The number of carboxylic acids is 1. The molecule has 16 heteroatoms. The SMILES string of the molecule is CC(=O)OC(C(CO)C(F)(F)C(F)(F)C(F)(F)C(F)(F)F)C(CO)[N+](C)(C)CC(=O)O. The Balaban J connectivity index is 6.67. The smallest absolute Gasteiger partial charge is 0.460 e. The number of rotatable bonds is 11. The van der Waals surface area contributed by atoms with Gasteiger partial charge in [0.2, 0.25) is 0 Å². The van der Waals surface area contributed by atoms with E-state index in [0.29, 0.717) is 6.92 Å². The van der Waals surface area contributed by atoms with Gasteiger partial charge >= 0.3 is 35.9 Å². The molecule has 0 aliphatic carbocycles. The zero-order valence-corrected chi connectivity index (χ0v) is 16.3. The molecule has 0 aliphatic heterocycles. The normalized spacial score (nSPS) is 17.1. The molecule has 0 aliphatic rings. The molecule has 0 rings (SSSR count). The Morgan fingerprint density at radius 2 is 1.35 bits per heavy atom. The van der Waals surface area contributed by atoms with E-state index >= 15 is 0 Å². The first kappa shape index (κ1) is 29.2. The van der Waals surface area contributed by atoms with Crippen molar-refractivity contribution in [3.63, 3.8) is 0 Å². The van der Waals surface area contributed by atoms with Crippen LogP contribution in [-0.2, 0) is 14.3 Å². The maximum Gasteiger partial charge on any atom is 0.460 e. The lowest BCUT2D eigenvalue weighted by Gasteiger charge is -2.44. The van der Waals surface area contributed by atoms with E-state index < -0.39 is 78.2 Å². The Bertz CT molecular complexity index is 653. The van der Waals surface area contributed by atoms with Crippen molar-refractivity contribution in [2.24, 2.45) is 5.92 Å². The molecule has 0 amide bonds. The second-order valence-corrected chi connectivity index (χ2v) is 7.21. The third-order valence-corrected chi connectivity index (χ3v) is 4.54. The molecule has 3 unspecified atom stereocenters. The molecule has 7 nitrogen and oxygen atoms in total. The van der Waals surface area contributed by atoms with Crippen molar-refractivity contribution in [2.75, 3.05) is 33.9 Å². The second-order valence-electron chi connectivity index (χ2n) is 7.21. The van der Waals surface area contributed by atoms with E-state index in [1.807, 2.05) is 0 Å². The number of aliphatic hydroxyl groups excluding tert-OH is 2. The van der Waals surface area contributed by atoms with Crippen molar-refractivity contribution in [1.29, 1.82) is 0 Å². The minimum absolute atomic E-state index is 0.535. The number of hydrogen-bond acceptors (Lipinski definition) is 5. The Morgan fingerprint density at radius 3 is 1.65 bits per heavy atom. The lowest BCUT2D eigenvalue weighted by atomic mass is 9.84. The summed E-state index contributed by atoms with van der Waals surface area (Å²) in [5.74, 6) is -27.5. The minimum Gasteiger partial charge on any atom is -0.477 e. The van der Waals surface area contributed by atoms with Crippen LogP contribution in [-0.4, -0.2) is 102 Å². The molecule has 0 radical (unpaired) electrons. The first-order valence-electron chi connectivity index (χ1n) is 8.25. The summed E-state index contributed by atoms with van der Waals surface area (Å²) in [5, 5.41) is 27.6. The molecular formula is C15H21F9NO6+. The number of quaternary nitrogens is 1. The van der Waals surface area contributed by atoms with Gasteiger partial charge in [-0.05, 0) is 0 Å². The van der Waals surface area contributed by atoms with Gasteiger partial charge in [-0.2, -0.15) is 39.5 Å². The molecule has 3 atom stereocenters. The van der Waals surface area contributed by atoms with E-state index in [2.05, 4.69) is 4.74 Å². The molecule has 0 aromatic carbocycles. The fourth-order valence-electron chi connectivity index (χ4n) is 2.85. The van der Waals surface area contributed by atoms with Crippen LogP contribution in [0.25, 0.3) is 0 Å². The Hall–Kier alpha value is -1.81. The van der Waals surface area contributed by atoms with E-state index in [-0.39, 0.29) is 0 Å². The van der Waals surface area contributed by atoms with E-state index in [9.17, 15) is 59.3 Å². The zero-order chi connectivity index (χ0) is 25.2. The molecule has 0 bridgehead atoms. The molecule has 0 heterocycles. The molecule has 0 aromatic heterocycles. The highest BCUT2D eigenvalue weighted by atomic mass is 19.4. The molecule has 0 saturated carbocycles. The monoisotopic (exact) mass is 482 g/mol. The lowest BCUT2D eigenvalue weighted by molar-refractivity contribution is -0.912. The Labute approximate surface area is 169 Å². The number of halogens is 9. The molecule has 0 saturated heterocycles. The molecule has 31 heavy (non-hydrogen) atoms. The number of nitrogens with zero attached hydrogens (tertiary/aromatic N) is 1. The van der Waals surface area contributed by atoms with Crippen LogP contribution in [0.5, 0.6) is 0 Å². The third kappa shape index (κ3) is 5.71. The zero-order valence-electron chi connectivity index (χ0n) is 16.3. The van der Waals surface area contributed by atoms with Crippen LogP contribution in [0, 0.1) is 5.92 Å². The number of aliphatic hydroxyl groups is 2. The van der Waals surface area contributed by atoms with Crippen LogP contribution in [0.4, 0.5) is 39.5 Å². The largest absolute Gasteiger partial charge is 0.477 e. The summed E-state index contributed by atoms with van der Waals surface area (Å²) < 4.78 is 124. The minimum atomic E-state index is -7.27. The molecular weight excluding hydrogens is 461 g/mol. The molecule has 0 fully saturated rings. The van der Waals surface area contributed by atoms with Gasteiger partial charge < -0.3 is 24.5 Å². The van der Waals surface area contributed by atoms with Gasteiger partial charge in [0.05, 0.1) is 33.2 Å². The van der Waals surface area contributed by atoms with Gasteiger partial charge in [-0.1, -0.05) is 0 Å². The van der Waals surface area contributed by atoms with Crippen LogP contribution in [0.3, 0.4) is 0 Å². The molecule has 3 N–H and O–H groups in total. The standard InChI is InChI=1S/C15H20F9NO6/c1-7(28)31-11(9(6-27)25(2,3)4-10(29)30)8(5-26)12(16,17)13(18,19)14(20,21)15(22,23)24/h8-9,11,26-27H,4-6H2,1-3H3/p+1. The number of esters is 1. The van der Waals surface area contributed by atoms with Crippen molar-refractivity contribution in [3.05, 3.63) is 0 Å². The summed E-state index contributed by atoms with van der Waals surface area (Å²) in [7, 11) is 1.86. The first-order valence-corrected chi connectivity index (χ1v) is 8.25. The number of carboxylic acid groups (broad SMARTS) is 1. The fourth-order valence-corrected chi connectivity index (χ4v) is 2.85. The summed E-state index contributed by atoms with van der Waals surface area (Å²) in [6.07, 6.45) is -9.92. The maximum absolute atomic E-state index is 14.5. The number of likely N-dealkylation sites (N-methyl/N-ethyl adjacent to an activating group) is 1. The number of hydrogen-bond donors (Lipinski definition) is 3. The van der Waals surface area contributed by atoms with E-state index in [1.165, 1.54) is 0 Å². The van der Waals surface area contributed by atoms with E-state index in [1.54, 1.807) is 0 Å². The summed E-state index contributed by atoms with van der Waals surface area (Å²) in [6.45, 7) is -4.04. The van der Waals surface area contributed by atoms with Crippen molar-refractivity contribution < 1.29 is 73.6 Å². The van der Waals surface area contributed by atoms with Gasteiger partial charge in [0.1, 0.15) is 0 Å². The van der Waals surface area contributed by atoms with E-state index in [4.69, 9.17) is 5.11 Å². The molecule has 184 valence electrons. The maximum atomic E-state index is 14.5. The summed E-state index contributed by atoms with van der Waals surface area (Å²) in [6, 6.07) is -2.06. The number of alkyl halides is 9. The number of carbonyl (C=O) groups excluding carboxylic acids is 1. The third-order valence-electron chi connectivity index (χ3n) is 4.54. The number of carbonyl (C=O) groups is 2. The van der Waals surface area contributed by atoms with Gasteiger partial charge in [0.15, 0.2) is 18.7 Å². The van der Waals surface area contributed by atoms with E-state index in [0.717, 1.165) is 14.1 Å². The van der Waals surface area contributed by atoms with Gasteiger partial charge in [-0.3, -0.25) is 4.79 Å². The average molecular weight is 482 g/mol. The van der Waals surface area contributed by atoms with Crippen LogP contribution in [0.1, 0.15) is 6.92 Å². The van der Waals surface area contributed by atoms with Crippen molar-refractivity contribution in [3.8, 4) is 0 Å². The number of aliphatic carboxylic acids is 1. The first-order chi connectivity index (χ1) is 13.6. The Kier molecular flexibility index (Phi) is 8.81. The Morgan fingerprint density at radius 1 is 0.903 bits per heavy atom. The highest BCUT2D eigenvalue weighted by Gasteiger charge is 2.83. The quantitative estimate of drug-likeness (QED) is 0.235. The highest BCUT2D eigenvalue weighted by Crippen LogP contribution is 2.56. The lowest BCUT2D eigenvalue weighted by Crippen LogP contribution is -2.68. The predicted octanol–water partition coefficient (Wildman–Crippen LogP) is 1.52. The average Bonchev–Trinajstić information content (AvgIpc) is 2.52. The van der Waals surface area contributed by atoms with Crippen molar-refractivity contribution in [2.45, 2.75) is 43.0 Å². The van der Waals surface area contributed by atoms with Gasteiger partial charge in [0.25, 0.3) is 0 Å². The molecule has 0 spiro atoms. The topological polar surface area (TPSA) is 104 Å². The van der Waals surface area contributed by atoms with Crippen LogP contribution >= 0.6 is 0 Å². The highest BCUT2D eigenvalue weighted by molar-refractivity contribution is 5.68. The second kappa shape index (κ2) is 9.36. The van der Waals surface area contributed by atoms with Crippen LogP contribution < -0.4 is 0 Å².